The molecule has 184 valence electrons. The summed E-state index contributed by atoms with van der Waals surface area (Å²) in [7, 11) is 0. The predicted molar refractivity (Wildman–Crippen MR) is 136 cm³/mol. The van der Waals surface area contributed by atoms with Crippen molar-refractivity contribution in [1.29, 1.82) is 0 Å². The Labute approximate surface area is 208 Å². The highest BCUT2D eigenvalue weighted by Gasteiger charge is 2.23. The maximum Gasteiger partial charge on any atom is 0.231 e. The number of nitrogens with two attached hydrogens (primary N) is 1. The van der Waals surface area contributed by atoms with Gasteiger partial charge in [-0.1, -0.05) is 25.6 Å². The van der Waals surface area contributed by atoms with Crippen molar-refractivity contribution >= 4 is 28.7 Å². The number of benzene rings is 1. The van der Waals surface area contributed by atoms with Crippen LogP contribution in [0, 0.1) is 12.8 Å². The van der Waals surface area contributed by atoms with E-state index in [-0.39, 0.29) is 6.79 Å². The molecule has 0 spiro atoms. The van der Waals surface area contributed by atoms with Gasteiger partial charge in [0.15, 0.2) is 33.6 Å². The molecule has 0 saturated heterocycles. The van der Waals surface area contributed by atoms with Gasteiger partial charge < -0.3 is 29.5 Å². The van der Waals surface area contributed by atoms with Crippen LogP contribution in [0.3, 0.4) is 0 Å². The first-order valence-corrected chi connectivity index (χ1v) is 12.7. The first-order valence-electron chi connectivity index (χ1n) is 11.9. The Morgan fingerprint density at radius 1 is 1.14 bits per heavy atom. The molecule has 10 heteroatoms. The van der Waals surface area contributed by atoms with Crippen LogP contribution in [-0.4, -0.2) is 39.4 Å². The van der Waals surface area contributed by atoms with Gasteiger partial charge in [-0.3, -0.25) is 0 Å². The first-order chi connectivity index (χ1) is 17.0. The fraction of sp³-hybridized carbons (Fsp3) is 0.400. The molecule has 5 rings (SSSR count). The Kier molecular flexibility index (Phi) is 6.83. The summed E-state index contributed by atoms with van der Waals surface area (Å²) in [5, 5.41) is 4.30. The van der Waals surface area contributed by atoms with E-state index in [1.807, 2.05) is 31.2 Å². The number of nitrogens with one attached hydrogen (secondary N) is 1. The quantitative estimate of drug-likeness (QED) is 0.298. The smallest absolute Gasteiger partial charge is 0.231 e. The molecule has 0 saturated carbocycles. The van der Waals surface area contributed by atoms with Crippen molar-refractivity contribution in [3.8, 4) is 22.8 Å². The number of ether oxygens (including phenoxy) is 2. The number of hydrogen-bond acceptors (Lipinski definition) is 9. The molecule has 1 aliphatic heterocycles. The van der Waals surface area contributed by atoms with Gasteiger partial charge in [-0.25, -0.2) is 15.0 Å². The van der Waals surface area contributed by atoms with E-state index in [0.717, 1.165) is 65.3 Å². The number of fused-ring (bicyclic) bond motifs is 2. The lowest BCUT2D eigenvalue weighted by atomic mass is 10.1. The Morgan fingerprint density at radius 3 is 2.74 bits per heavy atom. The highest BCUT2D eigenvalue weighted by Crippen LogP contribution is 2.45. The third kappa shape index (κ3) is 5.08. The van der Waals surface area contributed by atoms with Crippen molar-refractivity contribution in [3.63, 3.8) is 0 Å². The average Bonchev–Trinajstić information content (AvgIpc) is 3.55. The molecule has 0 atom stereocenters. The molecule has 0 aliphatic carbocycles. The number of furan rings is 1. The molecule has 4 aromatic rings. The molecule has 4 heterocycles. The maximum atomic E-state index is 6.15. The van der Waals surface area contributed by atoms with Crippen LogP contribution in [0.1, 0.15) is 32.4 Å². The molecule has 1 aromatic carbocycles. The zero-order chi connectivity index (χ0) is 24.4. The molecule has 1 aliphatic rings. The summed E-state index contributed by atoms with van der Waals surface area (Å²) in [6, 6.07) is 7.86. The Bertz CT molecular complexity index is 1330. The highest BCUT2D eigenvalue weighted by molar-refractivity contribution is 7.99. The minimum atomic E-state index is 0.204. The lowest BCUT2D eigenvalue weighted by molar-refractivity contribution is 0.174. The van der Waals surface area contributed by atoms with Gasteiger partial charge in [0.1, 0.15) is 17.8 Å². The van der Waals surface area contributed by atoms with E-state index in [4.69, 9.17) is 24.6 Å². The lowest BCUT2D eigenvalue weighted by Crippen LogP contribution is -2.21. The van der Waals surface area contributed by atoms with E-state index in [1.54, 1.807) is 0 Å². The second kappa shape index (κ2) is 10.2. The molecule has 35 heavy (non-hydrogen) atoms. The average molecular weight is 495 g/mol. The normalized spacial score (nSPS) is 12.8. The summed E-state index contributed by atoms with van der Waals surface area (Å²) in [4.78, 5) is 14.4. The lowest BCUT2D eigenvalue weighted by Gasteiger charge is -2.12. The minimum Gasteiger partial charge on any atom is -0.461 e. The van der Waals surface area contributed by atoms with Crippen molar-refractivity contribution in [2.75, 3.05) is 25.6 Å². The molecular weight excluding hydrogens is 464 g/mol. The summed E-state index contributed by atoms with van der Waals surface area (Å²) < 4.78 is 19.4. The number of rotatable bonds is 10. The molecule has 3 N–H and O–H groups in total. The van der Waals surface area contributed by atoms with Gasteiger partial charge in [0.2, 0.25) is 6.79 Å². The molecular formula is C25H30N6O3S. The van der Waals surface area contributed by atoms with E-state index >= 15 is 0 Å². The zero-order valence-corrected chi connectivity index (χ0v) is 21.0. The topological polar surface area (TPSA) is 113 Å². The summed E-state index contributed by atoms with van der Waals surface area (Å²) in [5.74, 6) is 4.04. The van der Waals surface area contributed by atoms with Crippen molar-refractivity contribution < 1.29 is 13.9 Å². The number of nitrogens with zero attached hydrogens (tertiary/aromatic N) is 4. The third-order valence-electron chi connectivity index (χ3n) is 5.74. The van der Waals surface area contributed by atoms with Crippen LogP contribution in [0.5, 0.6) is 11.5 Å². The zero-order valence-electron chi connectivity index (χ0n) is 20.2. The van der Waals surface area contributed by atoms with Gasteiger partial charge in [-0.05, 0) is 63.0 Å². The van der Waals surface area contributed by atoms with Crippen molar-refractivity contribution in [2.45, 2.75) is 50.2 Å². The van der Waals surface area contributed by atoms with E-state index in [0.29, 0.717) is 28.8 Å². The minimum absolute atomic E-state index is 0.204. The Balaban J connectivity index is 1.46. The largest absolute Gasteiger partial charge is 0.461 e. The molecule has 0 fully saturated rings. The van der Waals surface area contributed by atoms with Crippen LogP contribution in [0.15, 0.2) is 45.1 Å². The van der Waals surface area contributed by atoms with E-state index in [9.17, 15) is 0 Å². The number of nitrogen functional groups attached to an aromatic ring is 1. The van der Waals surface area contributed by atoms with Gasteiger partial charge in [-0.15, -0.1) is 0 Å². The summed E-state index contributed by atoms with van der Waals surface area (Å²) in [5.41, 5.74) is 8.43. The predicted octanol–water partition coefficient (Wildman–Crippen LogP) is 4.88. The standard InChI is InChI=1S/C25H30N6O3S/c1-15(2)12-27-8-4-5-9-31-24-22(23(26)28-13-29-24)30-25(31)35-21-11-20-19(32-14-33-20)10-17(21)18-7-6-16(3)34-18/h6-7,10-11,13,15,27H,4-5,8-9,12,14H2,1-3H3,(H2,26,28,29). The van der Waals surface area contributed by atoms with Crippen LogP contribution < -0.4 is 20.5 Å². The number of anilines is 1. The van der Waals surface area contributed by atoms with Crippen molar-refractivity contribution in [1.82, 2.24) is 24.8 Å². The SMILES string of the molecule is Cc1ccc(-c2cc3c(cc2Sc2nc4c(N)ncnc4n2CCCCNCC(C)C)OCO3)o1. The number of unbranched alkanes of at least 4 members (excludes halogenated alkanes) is 1. The van der Waals surface area contributed by atoms with Crippen molar-refractivity contribution in [2.24, 2.45) is 5.92 Å². The maximum absolute atomic E-state index is 6.15. The summed E-state index contributed by atoms with van der Waals surface area (Å²) >= 11 is 1.53. The number of imidazole rings is 1. The first kappa shape index (κ1) is 23.5. The summed E-state index contributed by atoms with van der Waals surface area (Å²) in [6.07, 6.45) is 3.53. The van der Waals surface area contributed by atoms with E-state index in [2.05, 4.69) is 33.7 Å². The van der Waals surface area contributed by atoms with Crippen LogP contribution in [0.2, 0.25) is 0 Å². The fourth-order valence-corrected chi connectivity index (χ4v) is 5.06. The molecule has 0 bridgehead atoms. The van der Waals surface area contributed by atoms with Crippen molar-refractivity contribution in [3.05, 3.63) is 36.4 Å². The Hall–Kier alpha value is -3.24. The highest BCUT2D eigenvalue weighted by atomic mass is 32.2. The number of aromatic nitrogens is 4. The monoisotopic (exact) mass is 494 g/mol. The molecule has 3 aromatic heterocycles. The van der Waals surface area contributed by atoms with Crippen LogP contribution >= 0.6 is 11.8 Å². The van der Waals surface area contributed by atoms with E-state index < -0.39 is 0 Å². The second-order valence-electron chi connectivity index (χ2n) is 9.00. The van der Waals surface area contributed by atoms with Gasteiger partial charge in [0.25, 0.3) is 0 Å². The molecule has 9 nitrogen and oxygen atoms in total. The van der Waals surface area contributed by atoms with Gasteiger partial charge in [-0.2, -0.15) is 0 Å². The summed E-state index contributed by atoms with van der Waals surface area (Å²) in [6.45, 7) is 9.35. The molecule has 0 unspecified atom stereocenters. The van der Waals surface area contributed by atoms with Gasteiger partial charge in [0, 0.05) is 17.0 Å². The van der Waals surface area contributed by atoms with E-state index in [1.165, 1.54) is 18.1 Å². The van der Waals surface area contributed by atoms with Gasteiger partial charge >= 0.3 is 0 Å². The third-order valence-corrected chi connectivity index (χ3v) is 6.80. The fourth-order valence-electron chi connectivity index (χ4n) is 4.00. The number of aryl methyl sites for hydroxylation is 2. The van der Waals surface area contributed by atoms with Crippen LogP contribution in [0.4, 0.5) is 5.82 Å². The van der Waals surface area contributed by atoms with Gasteiger partial charge in [0.05, 0.1) is 0 Å². The Morgan fingerprint density at radius 2 is 1.97 bits per heavy atom. The number of hydrogen-bond donors (Lipinski definition) is 2. The van der Waals surface area contributed by atoms with Crippen LogP contribution in [-0.2, 0) is 6.54 Å². The second-order valence-corrected chi connectivity index (χ2v) is 10.0. The van der Waals surface area contributed by atoms with Crippen LogP contribution in [0.25, 0.3) is 22.5 Å². The molecule has 0 amide bonds. The molecule has 0 radical (unpaired) electrons.